The molecular formula is C13H23N3O2S. The molecule has 0 fully saturated rings. The number of unbranched alkanes of at least 4 members (excludes halogenated alkanes) is 2. The van der Waals surface area contributed by atoms with E-state index < -0.39 is 0 Å². The van der Waals surface area contributed by atoms with Crippen LogP contribution in [0.4, 0.5) is 10.7 Å². The van der Waals surface area contributed by atoms with Gasteiger partial charge in [0, 0.05) is 26.8 Å². The van der Waals surface area contributed by atoms with Crippen molar-refractivity contribution in [2.45, 2.75) is 26.2 Å². The maximum atomic E-state index is 11.7. The molecular weight excluding hydrogens is 262 g/mol. The highest BCUT2D eigenvalue weighted by atomic mass is 32.1. The number of nitrogen functional groups attached to an aromatic ring is 1. The van der Waals surface area contributed by atoms with Crippen molar-refractivity contribution >= 4 is 27.9 Å². The van der Waals surface area contributed by atoms with Gasteiger partial charge < -0.3 is 21.1 Å². The summed E-state index contributed by atoms with van der Waals surface area (Å²) in [5, 5.41) is 7.00. The molecule has 0 aliphatic carbocycles. The number of rotatable bonds is 9. The molecule has 0 spiro atoms. The summed E-state index contributed by atoms with van der Waals surface area (Å²) in [6.07, 6.45) is 3.29. The van der Waals surface area contributed by atoms with Crippen molar-refractivity contribution in [3.05, 3.63) is 10.9 Å². The Morgan fingerprint density at radius 3 is 2.89 bits per heavy atom. The number of carbonyl (C=O) groups is 1. The van der Waals surface area contributed by atoms with Crippen LogP contribution in [-0.4, -0.2) is 32.7 Å². The maximum absolute atomic E-state index is 11.7. The number of methoxy groups -OCH3 is 1. The molecule has 19 heavy (non-hydrogen) atoms. The molecule has 0 saturated heterocycles. The highest BCUT2D eigenvalue weighted by Gasteiger charge is 2.13. The third-order valence-electron chi connectivity index (χ3n) is 2.63. The fraction of sp³-hybridized carbons (Fsp3) is 0.615. The Morgan fingerprint density at radius 2 is 2.21 bits per heavy atom. The van der Waals surface area contributed by atoms with Gasteiger partial charge in [-0.1, -0.05) is 0 Å². The molecule has 0 unspecified atom stereocenters. The van der Waals surface area contributed by atoms with Crippen molar-refractivity contribution in [3.63, 3.8) is 0 Å². The van der Waals surface area contributed by atoms with E-state index in [1.165, 1.54) is 11.3 Å². The van der Waals surface area contributed by atoms with E-state index in [4.69, 9.17) is 10.5 Å². The Kier molecular flexibility index (Phi) is 7.28. The van der Waals surface area contributed by atoms with Crippen LogP contribution in [0.5, 0.6) is 0 Å². The van der Waals surface area contributed by atoms with Crippen molar-refractivity contribution in [2.75, 3.05) is 37.9 Å². The molecule has 0 aliphatic heterocycles. The lowest BCUT2D eigenvalue weighted by Crippen LogP contribution is -2.22. The number of nitrogens with one attached hydrogen (secondary N) is 2. The lowest BCUT2D eigenvalue weighted by molar-refractivity contribution is 0.0960. The van der Waals surface area contributed by atoms with E-state index in [0.717, 1.165) is 37.4 Å². The molecule has 1 amide bonds. The molecule has 108 valence electrons. The van der Waals surface area contributed by atoms with Crippen LogP contribution in [0, 0.1) is 0 Å². The summed E-state index contributed by atoms with van der Waals surface area (Å²) in [6.45, 7) is 4.20. The first-order valence-electron chi connectivity index (χ1n) is 6.59. The van der Waals surface area contributed by atoms with Gasteiger partial charge in [-0.2, -0.15) is 0 Å². The highest BCUT2D eigenvalue weighted by Crippen LogP contribution is 2.29. The molecule has 0 radical (unpaired) electrons. The summed E-state index contributed by atoms with van der Waals surface area (Å²) >= 11 is 1.40. The molecule has 1 rings (SSSR count). The first-order chi connectivity index (χ1) is 9.19. The van der Waals surface area contributed by atoms with Crippen LogP contribution < -0.4 is 16.4 Å². The van der Waals surface area contributed by atoms with E-state index in [-0.39, 0.29) is 5.91 Å². The van der Waals surface area contributed by atoms with Crippen LogP contribution in [0.2, 0.25) is 0 Å². The van der Waals surface area contributed by atoms with Crippen molar-refractivity contribution in [2.24, 2.45) is 0 Å². The number of thiophene rings is 1. The van der Waals surface area contributed by atoms with Gasteiger partial charge in [0.1, 0.15) is 4.88 Å². The average molecular weight is 285 g/mol. The number of carbonyl (C=O) groups excluding carboxylic acids is 1. The number of hydrogen-bond acceptors (Lipinski definition) is 5. The van der Waals surface area contributed by atoms with Gasteiger partial charge in [-0.25, -0.2) is 0 Å². The first-order valence-corrected chi connectivity index (χ1v) is 7.41. The molecule has 5 nitrogen and oxygen atoms in total. The highest BCUT2D eigenvalue weighted by molar-refractivity contribution is 7.18. The fourth-order valence-corrected chi connectivity index (χ4v) is 2.59. The maximum Gasteiger partial charge on any atom is 0.263 e. The van der Waals surface area contributed by atoms with Crippen molar-refractivity contribution in [3.8, 4) is 0 Å². The van der Waals surface area contributed by atoms with Gasteiger partial charge in [0.15, 0.2) is 0 Å². The lowest BCUT2D eigenvalue weighted by atomic mass is 10.2. The molecule has 1 aromatic rings. The molecule has 0 aliphatic rings. The zero-order valence-electron chi connectivity index (χ0n) is 11.6. The predicted octanol–water partition coefficient (Wildman–Crippen LogP) is 2.31. The number of hydrogen-bond donors (Lipinski definition) is 3. The second-order valence-electron chi connectivity index (χ2n) is 4.23. The summed E-state index contributed by atoms with van der Waals surface area (Å²) in [6, 6.07) is 1.82. The topological polar surface area (TPSA) is 76.4 Å². The van der Waals surface area contributed by atoms with Crippen LogP contribution in [0.3, 0.4) is 0 Å². The minimum atomic E-state index is -0.0989. The number of amides is 1. The van der Waals surface area contributed by atoms with Gasteiger partial charge in [-0.15, -0.1) is 11.3 Å². The third kappa shape index (κ3) is 5.48. The van der Waals surface area contributed by atoms with Gasteiger partial charge in [-0.05, 0) is 32.3 Å². The summed E-state index contributed by atoms with van der Waals surface area (Å²) in [5.41, 5.74) is 6.38. The van der Waals surface area contributed by atoms with Crippen LogP contribution in [0.15, 0.2) is 6.07 Å². The largest absolute Gasteiger partial charge is 0.397 e. The SMILES string of the molecule is CCNC(=O)c1sc(NCCCCCOC)cc1N. The molecule has 0 saturated carbocycles. The molecule has 0 bridgehead atoms. The van der Waals surface area contributed by atoms with E-state index >= 15 is 0 Å². The second kappa shape index (κ2) is 8.77. The fourth-order valence-electron chi connectivity index (χ4n) is 1.67. The van der Waals surface area contributed by atoms with Crippen molar-refractivity contribution in [1.82, 2.24) is 5.32 Å². The molecule has 6 heteroatoms. The molecule has 1 heterocycles. The molecule has 0 aromatic carbocycles. The Hall–Kier alpha value is -1.27. The number of anilines is 2. The summed E-state index contributed by atoms with van der Waals surface area (Å²) < 4.78 is 5.00. The first kappa shape index (κ1) is 15.8. The molecule has 4 N–H and O–H groups in total. The Bertz CT molecular complexity index is 393. The van der Waals surface area contributed by atoms with E-state index in [1.807, 2.05) is 13.0 Å². The molecule has 0 atom stereocenters. The van der Waals surface area contributed by atoms with Crippen LogP contribution in [0.25, 0.3) is 0 Å². The summed E-state index contributed by atoms with van der Waals surface area (Å²) in [5.74, 6) is -0.0989. The minimum absolute atomic E-state index is 0.0989. The molecule has 1 aromatic heterocycles. The van der Waals surface area contributed by atoms with E-state index in [1.54, 1.807) is 7.11 Å². The van der Waals surface area contributed by atoms with Crippen LogP contribution in [-0.2, 0) is 4.74 Å². The smallest absolute Gasteiger partial charge is 0.263 e. The Morgan fingerprint density at radius 1 is 1.42 bits per heavy atom. The predicted molar refractivity (Wildman–Crippen MR) is 81.0 cm³/mol. The van der Waals surface area contributed by atoms with Gasteiger partial charge >= 0.3 is 0 Å². The second-order valence-corrected chi connectivity index (χ2v) is 5.29. The summed E-state index contributed by atoms with van der Waals surface area (Å²) in [7, 11) is 1.72. The van der Waals surface area contributed by atoms with Crippen molar-refractivity contribution < 1.29 is 9.53 Å². The third-order valence-corrected chi connectivity index (χ3v) is 3.74. The van der Waals surface area contributed by atoms with Crippen LogP contribution >= 0.6 is 11.3 Å². The van der Waals surface area contributed by atoms with E-state index in [9.17, 15) is 4.79 Å². The standard InChI is InChI=1S/C13H23N3O2S/c1-3-15-13(17)12-10(14)9-11(19-12)16-7-5-4-6-8-18-2/h9,16H,3-8,14H2,1-2H3,(H,15,17). The Balaban J connectivity index is 2.35. The average Bonchev–Trinajstić information content (AvgIpc) is 2.75. The van der Waals surface area contributed by atoms with E-state index in [0.29, 0.717) is 17.1 Å². The monoisotopic (exact) mass is 285 g/mol. The van der Waals surface area contributed by atoms with E-state index in [2.05, 4.69) is 10.6 Å². The van der Waals surface area contributed by atoms with Gasteiger partial charge in [0.25, 0.3) is 5.91 Å². The van der Waals surface area contributed by atoms with Gasteiger partial charge in [0.05, 0.1) is 10.7 Å². The number of ether oxygens (including phenoxy) is 1. The lowest BCUT2D eigenvalue weighted by Gasteiger charge is -2.03. The zero-order valence-corrected chi connectivity index (χ0v) is 12.4. The van der Waals surface area contributed by atoms with Gasteiger partial charge in [-0.3, -0.25) is 4.79 Å². The minimum Gasteiger partial charge on any atom is -0.397 e. The summed E-state index contributed by atoms with van der Waals surface area (Å²) in [4.78, 5) is 12.3. The normalized spacial score (nSPS) is 10.4. The zero-order chi connectivity index (χ0) is 14.1. The number of nitrogens with two attached hydrogens (primary N) is 1. The van der Waals surface area contributed by atoms with Crippen LogP contribution in [0.1, 0.15) is 35.9 Å². The Labute approximate surface area is 118 Å². The quantitative estimate of drug-likeness (QED) is 0.609. The van der Waals surface area contributed by atoms with Crippen molar-refractivity contribution in [1.29, 1.82) is 0 Å². The van der Waals surface area contributed by atoms with Gasteiger partial charge in [0.2, 0.25) is 0 Å².